The van der Waals surface area contributed by atoms with Crippen molar-refractivity contribution in [2.75, 3.05) is 6.26 Å². The first-order valence-electron chi connectivity index (χ1n) is 3.39. The van der Waals surface area contributed by atoms with Crippen LogP contribution in [0.2, 0.25) is 0 Å². The Kier molecular flexibility index (Phi) is 2.05. The number of aldehydes is 1. The van der Waals surface area contributed by atoms with Crippen LogP contribution in [0.25, 0.3) is 0 Å². The molecule has 0 unspecified atom stereocenters. The van der Waals surface area contributed by atoms with Gasteiger partial charge in [-0.2, -0.15) is 0 Å². The van der Waals surface area contributed by atoms with Gasteiger partial charge in [-0.25, -0.2) is 0 Å². The number of hydrogen-bond donors (Lipinski definition) is 0. The molecule has 1 aromatic rings. The van der Waals surface area contributed by atoms with Crippen LogP contribution in [0.1, 0.15) is 11.7 Å². The predicted octanol–water partition coefficient (Wildman–Crippen LogP) is 2.22. The molecule has 2 heteroatoms. The Labute approximate surface area is 65.9 Å². The zero-order chi connectivity index (χ0) is 8.27. The SMILES string of the molecule is [2H]C(=O)c1ccc(SC)cc1. The Morgan fingerprint density at radius 2 is 2.10 bits per heavy atom. The summed E-state index contributed by atoms with van der Waals surface area (Å²) in [6.45, 7) is 0. The average molecular weight is 153 g/mol. The lowest BCUT2D eigenvalue weighted by molar-refractivity contribution is 0.112. The number of rotatable bonds is 2. The average Bonchev–Trinajstić information content (AvgIpc) is 2.05. The maximum absolute atomic E-state index is 10.5. The molecular formula is C8H8OS. The highest BCUT2D eigenvalue weighted by Gasteiger charge is 1.89. The van der Waals surface area contributed by atoms with Gasteiger partial charge in [0.2, 0.25) is 0 Å². The van der Waals surface area contributed by atoms with Crippen LogP contribution in [0.3, 0.4) is 0 Å². The first kappa shape index (κ1) is 5.98. The van der Waals surface area contributed by atoms with Crippen molar-refractivity contribution in [2.45, 2.75) is 4.90 Å². The fraction of sp³-hybridized carbons (Fsp3) is 0.125. The summed E-state index contributed by atoms with van der Waals surface area (Å²) in [5, 5.41) is 0. The summed E-state index contributed by atoms with van der Waals surface area (Å²) in [6, 6.07) is 7.02. The fourth-order valence-electron chi connectivity index (χ4n) is 0.659. The van der Waals surface area contributed by atoms with Gasteiger partial charge in [-0.05, 0) is 18.4 Å². The highest BCUT2D eigenvalue weighted by Crippen LogP contribution is 2.13. The highest BCUT2D eigenvalue weighted by atomic mass is 32.2. The van der Waals surface area contributed by atoms with Gasteiger partial charge in [-0.15, -0.1) is 11.8 Å². The quantitative estimate of drug-likeness (QED) is 0.478. The molecule has 0 aliphatic carbocycles. The molecule has 0 bridgehead atoms. The van der Waals surface area contributed by atoms with Gasteiger partial charge in [-0.1, -0.05) is 12.1 Å². The lowest BCUT2D eigenvalue weighted by atomic mass is 10.2. The molecule has 1 aromatic carbocycles. The van der Waals surface area contributed by atoms with Crippen molar-refractivity contribution in [3.63, 3.8) is 0 Å². The van der Waals surface area contributed by atoms with E-state index in [2.05, 4.69) is 0 Å². The van der Waals surface area contributed by atoms with E-state index >= 15 is 0 Å². The van der Waals surface area contributed by atoms with Crippen molar-refractivity contribution in [1.29, 1.82) is 0 Å². The number of carbonyl (C=O) groups excluding carboxylic acids is 1. The molecule has 0 aromatic heterocycles. The van der Waals surface area contributed by atoms with Crippen molar-refractivity contribution in [1.82, 2.24) is 0 Å². The summed E-state index contributed by atoms with van der Waals surface area (Å²) in [5.41, 5.74) is 0.447. The van der Waals surface area contributed by atoms with Crippen LogP contribution in [0.4, 0.5) is 0 Å². The highest BCUT2D eigenvalue weighted by molar-refractivity contribution is 7.98. The van der Waals surface area contributed by atoms with Crippen LogP contribution in [-0.4, -0.2) is 12.5 Å². The van der Waals surface area contributed by atoms with Gasteiger partial charge in [0, 0.05) is 10.5 Å². The van der Waals surface area contributed by atoms with E-state index in [4.69, 9.17) is 1.37 Å². The van der Waals surface area contributed by atoms with E-state index in [9.17, 15) is 4.79 Å². The van der Waals surface area contributed by atoms with Crippen molar-refractivity contribution in [3.8, 4) is 0 Å². The molecule has 52 valence electrons. The largest absolute Gasteiger partial charge is 0.298 e. The van der Waals surface area contributed by atoms with Gasteiger partial charge in [0.25, 0.3) is 0 Å². The number of carbonyl (C=O) groups is 1. The molecule has 0 atom stereocenters. The monoisotopic (exact) mass is 153 g/mol. The van der Waals surface area contributed by atoms with Crippen molar-refractivity contribution < 1.29 is 6.17 Å². The number of thioether (sulfide) groups is 1. The molecule has 0 N–H and O–H groups in total. The zero-order valence-electron chi connectivity index (χ0n) is 6.63. The second-order valence-corrected chi connectivity index (χ2v) is 2.71. The minimum Gasteiger partial charge on any atom is -0.298 e. The molecule has 1 rings (SSSR count). The summed E-state index contributed by atoms with van der Waals surface area (Å²) in [6.07, 6.45) is 1.34. The maximum atomic E-state index is 10.5. The van der Waals surface area contributed by atoms with E-state index in [1.807, 2.05) is 18.4 Å². The summed E-state index contributed by atoms with van der Waals surface area (Å²) in [7, 11) is 0. The topological polar surface area (TPSA) is 17.1 Å². The third-order valence-electron chi connectivity index (χ3n) is 1.21. The van der Waals surface area contributed by atoms with E-state index in [0.717, 1.165) is 4.90 Å². The van der Waals surface area contributed by atoms with Gasteiger partial charge in [0.15, 0.2) is 0 Å². The normalized spacial score (nSPS) is 10.7. The van der Waals surface area contributed by atoms with Gasteiger partial charge >= 0.3 is 0 Å². The lowest BCUT2D eigenvalue weighted by Crippen LogP contribution is -1.76. The lowest BCUT2D eigenvalue weighted by Gasteiger charge is -1.93. The maximum Gasteiger partial charge on any atom is 0.150 e. The third kappa shape index (κ3) is 1.61. The van der Waals surface area contributed by atoms with Crippen molar-refractivity contribution in [2.24, 2.45) is 0 Å². The molecule has 0 fully saturated rings. The summed E-state index contributed by atoms with van der Waals surface area (Å²) >= 11 is 1.62. The number of benzene rings is 1. The van der Waals surface area contributed by atoms with Gasteiger partial charge in [0.05, 0.1) is 0 Å². The molecule has 0 radical (unpaired) electrons. The minimum atomic E-state index is -0.627. The second kappa shape index (κ2) is 3.42. The van der Waals surface area contributed by atoms with Crippen molar-refractivity contribution in [3.05, 3.63) is 29.8 Å². The van der Waals surface area contributed by atoms with Crippen LogP contribution in [-0.2, 0) is 0 Å². The van der Waals surface area contributed by atoms with Crippen LogP contribution >= 0.6 is 11.8 Å². The van der Waals surface area contributed by atoms with E-state index in [-0.39, 0.29) is 0 Å². The van der Waals surface area contributed by atoms with Gasteiger partial charge < -0.3 is 0 Å². The summed E-state index contributed by atoms with van der Waals surface area (Å²) in [4.78, 5) is 11.6. The first-order chi connectivity index (χ1) is 5.24. The molecule has 0 aliphatic rings. The molecule has 0 spiro atoms. The van der Waals surface area contributed by atoms with E-state index in [1.165, 1.54) is 0 Å². The molecule has 0 heterocycles. The Balaban J connectivity index is 2.91. The smallest absolute Gasteiger partial charge is 0.150 e. The van der Waals surface area contributed by atoms with Gasteiger partial charge in [-0.3, -0.25) is 4.79 Å². The van der Waals surface area contributed by atoms with Crippen LogP contribution in [0.15, 0.2) is 29.2 Å². The minimum absolute atomic E-state index is 0.447. The van der Waals surface area contributed by atoms with Gasteiger partial charge in [0.1, 0.15) is 7.63 Å². The second-order valence-electron chi connectivity index (χ2n) is 1.83. The van der Waals surface area contributed by atoms with Crippen LogP contribution < -0.4 is 0 Å². The van der Waals surface area contributed by atoms with Crippen LogP contribution in [0, 0.1) is 0 Å². The molecule has 0 saturated carbocycles. The summed E-state index contributed by atoms with van der Waals surface area (Å²) in [5.74, 6) is 0. The Bertz CT molecular complexity index is 255. The fourth-order valence-corrected chi connectivity index (χ4v) is 1.07. The molecule has 0 aliphatic heterocycles. The van der Waals surface area contributed by atoms with E-state index < -0.39 is 6.26 Å². The first-order valence-corrected chi connectivity index (χ1v) is 4.11. The Hall–Kier alpha value is -0.760. The third-order valence-corrected chi connectivity index (χ3v) is 1.95. The molecule has 0 amide bonds. The zero-order valence-corrected chi connectivity index (χ0v) is 6.44. The molecule has 1 nitrogen and oxygen atoms in total. The standard InChI is InChI=1S/C8H8OS/c1-10-8-4-2-7(6-9)3-5-8/h2-6H,1H3/i6D. The Morgan fingerprint density at radius 3 is 2.50 bits per heavy atom. The van der Waals surface area contributed by atoms with E-state index in [1.54, 1.807) is 23.9 Å². The number of hydrogen-bond acceptors (Lipinski definition) is 2. The van der Waals surface area contributed by atoms with Crippen molar-refractivity contribution >= 4 is 18.0 Å². The van der Waals surface area contributed by atoms with E-state index in [0.29, 0.717) is 5.56 Å². The van der Waals surface area contributed by atoms with Crippen LogP contribution in [0.5, 0.6) is 0 Å². The predicted molar refractivity (Wildman–Crippen MR) is 43.6 cm³/mol. The Morgan fingerprint density at radius 1 is 1.50 bits per heavy atom. The summed E-state index contributed by atoms with van der Waals surface area (Å²) < 4.78 is 6.80. The molecule has 0 saturated heterocycles. The molecule has 10 heavy (non-hydrogen) atoms. The molecular weight excluding hydrogens is 144 g/mol.